The lowest BCUT2D eigenvalue weighted by atomic mass is 10.0. The van der Waals surface area contributed by atoms with Crippen LogP contribution in [0.3, 0.4) is 0 Å². The Labute approximate surface area is 222 Å². The number of amides is 1. The summed E-state index contributed by atoms with van der Waals surface area (Å²) in [6, 6.07) is 12.4. The van der Waals surface area contributed by atoms with Crippen LogP contribution in [0.15, 0.2) is 47.3 Å². The van der Waals surface area contributed by atoms with Crippen molar-refractivity contribution in [2.75, 3.05) is 13.1 Å². The van der Waals surface area contributed by atoms with Gasteiger partial charge in [0, 0.05) is 12.1 Å². The Kier molecular flexibility index (Phi) is 9.57. The molecule has 1 N–H and O–H groups in total. The second-order valence-electron chi connectivity index (χ2n) is 9.24. The zero-order chi connectivity index (χ0) is 26.4. The Hall–Kier alpha value is -2.83. The topological polar surface area (TPSA) is 75.2 Å². The van der Waals surface area contributed by atoms with Crippen molar-refractivity contribution in [2.45, 2.75) is 59.3 Å². The van der Waals surface area contributed by atoms with E-state index in [0.717, 1.165) is 19.3 Å². The maximum Gasteiger partial charge on any atom is 0.282 e. The lowest BCUT2D eigenvalue weighted by molar-refractivity contribution is 0.0709. The first-order chi connectivity index (χ1) is 17.2. The lowest BCUT2D eigenvalue weighted by Crippen LogP contribution is -2.38. The number of Topliss-reactive ketones (excluding diaryl/α,β-unsaturated/α-hetero) is 1. The molecule has 8 heteroatoms. The highest BCUT2D eigenvalue weighted by molar-refractivity contribution is 6.42. The summed E-state index contributed by atoms with van der Waals surface area (Å²) in [4.78, 5) is 41.6. The van der Waals surface area contributed by atoms with Crippen LogP contribution in [0, 0.1) is 0 Å². The summed E-state index contributed by atoms with van der Waals surface area (Å²) in [5.41, 5.74) is 2.28. The van der Waals surface area contributed by atoms with Gasteiger partial charge in [-0.15, -0.1) is 0 Å². The van der Waals surface area contributed by atoms with E-state index < -0.39 is 11.3 Å². The standard InChI is InChI=1S/C28H33Cl2N3O3/c1-5-7-8-19-9-11-20(12-10-19)27(35)32(15-6-2)17-24(34)25-26(18(3)4)31-33(28(25)36)21-13-14-22(29)23(30)16-21/h9-14,16,18,31H,5-8,15,17H2,1-4H3. The van der Waals surface area contributed by atoms with Crippen LogP contribution in [-0.2, 0) is 6.42 Å². The van der Waals surface area contributed by atoms with Crippen LogP contribution < -0.4 is 5.56 Å². The van der Waals surface area contributed by atoms with Crippen LogP contribution in [0.5, 0.6) is 0 Å². The van der Waals surface area contributed by atoms with Gasteiger partial charge in [0.05, 0.1) is 28.0 Å². The van der Waals surface area contributed by atoms with Crippen molar-refractivity contribution in [3.05, 3.63) is 85.2 Å². The highest BCUT2D eigenvalue weighted by atomic mass is 35.5. The van der Waals surface area contributed by atoms with Gasteiger partial charge in [-0.25, -0.2) is 4.68 Å². The van der Waals surface area contributed by atoms with Crippen LogP contribution in [0.4, 0.5) is 0 Å². The summed E-state index contributed by atoms with van der Waals surface area (Å²) < 4.78 is 1.30. The number of ketones is 1. The molecular weight excluding hydrogens is 497 g/mol. The molecule has 0 saturated carbocycles. The second-order valence-corrected chi connectivity index (χ2v) is 10.1. The minimum absolute atomic E-state index is 0.0555. The number of halogens is 2. The number of aryl methyl sites for hydroxylation is 1. The van der Waals surface area contributed by atoms with Crippen LogP contribution in [0.2, 0.25) is 10.0 Å². The van der Waals surface area contributed by atoms with E-state index >= 15 is 0 Å². The number of carbonyl (C=O) groups is 2. The van der Waals surface area contributed by atoms with Crippen molar-refractivity contribution in [3.63, 3.8) is 0 Å². The van der Waals surface area contributed by atoms with E-state index in [1.807, 2.05) is 45.0 Å². The number of aromatic nitrogens is 2. The monoisotopic (exact) mass is 529 g/mol. The Morgan fingerprint density at radius 1 is 1.00 bits per heavy atom. The summed E-state index contributed by atoms with van der Waals surface area (Å²) in [5, 5.41) is 3.73. The van der Waals surface area contributed by atoms with Crippen LogP contribution in [0.25, 0.3) is 5.69 Å². The fraction of sp³-hybridized carbons (Fsp3) is 0.393. The van der Waals surface area contributed by atoms with Gasteiger partial charge in [-0.05, 0) is 61.1 Å². The molecule has 0 radical (unpaired) electrons. The SMILES string of the molecule is CCCCc1ccc(C(=O)N(CCC)CC(=O)c2c(C(C)C)[nH]n(-c3ccc(Cl)c(Cl)c3)c2=O)cc1. The first-order valence-corrected chi connectivity index (χ1v) is 13.1. The summed E-state index contributed by atoms with van der Waals surface area (Å²) in [6.07, 6.45) is 3.86. The molecule has 192 valence electrons. The number of nitrogens with one attached hydrogen (secondary N) is 1. The molecule has 1 heterocycles. The molecule has 0 aliphatic rings. The maximum atomic E-state index is 13.5. The predicted octanol–water partition coefficient (Wildman–Crippen LogP) is 6.67. The van der Waals surface area contributed by atoms with Crippen molar-refractivity contribution >= 4 is 34.9 Å². The third kappa shape index (κ3) is 6.29. The van der Waals surface area contributed by atoms with Crippen LogP contribution in [-0.4, -0.2) is 39.5 Å². The summed E-state index contributed by atoms with van der Waals surface area (Å²) in [6.45, 7) is 8.12. The number of carbonyl (C=O) groups excluding carboxylic acids is 2. The van der Waals surface area contributed by atoms with Crippen molar-refractivity contribution < 1.29 is 9.59 Å². The Bertz CT molecular complexity index is 1280. The molecule has 2 aromatic carbocycles. The van der Waals surface area contributed by atoms with Gasteiger partial charge >= 0.3 is 0 Å². The minimum atomic E-state index is -0.480. The molecule has 3 rings (SSSR count). The van der Waals surface area contributed by atoms with E-state index in [4.69, 9.17) is 23.2 Å². The molecule has 0 saturated heterocycles. The molecule has 0 atom stereocenters. The van der Waals surface area contributed by atoms with E-state index in [1.54, 1.807) is 18.2 Å². The highest BCUT2D eigenvalue weighted by Crippen LogP contribution is 2.25. The summed E-state index contributed by atoms with van der Waals surface area (Å²) in [5.74, 6) is -0.745. The van der Waals surface area contributed by atoms with Gasteiger partial charge in [0.15, 0.2) is 5.78 Å². The molecule has 0 aliphatic heterocycles. The number of hydrogen-bond acceptors (Lipinski definition) is 3. The summed E-state index contributed by atoms with van der Waals surface area (Å²) in [7, 11) is 0. The molecule has 3 aromatic rings. The van der Waals surface area contributed by atoms with Crippen LogP contribution in [0.1, 0.15) is 84.8 Å². The average molecular weight is 530 g/mol. The first kappa shape index (κ1) is 27.8. The van der Waals surface area contributed by atoms with E-state index in [-0.39, 0.29) is 23.9 Å². The highest BCUT2D eigenvalue weighted by Gasteiger charge is 2.27. The molecule has 0 unspecified atom stereocenters. The smallest absolute Gasteiger partial charge is 0.282 e. The first-order valence-electron chi connectivity index (χ1n) is 12.4. The van der Waals surface area contributed by atoms with Gasteiger partial charge in [0.1, 0.15) is 5.56 Å². The second kappa shape index (κ2) is 12.4. The van der Waals surface area contributed by atoms with Gasteiger partial charge in [-0.2, -0.15) is 0 Å². The molecule has 1 aromatic heterocycles. The van der Waals surface area contributed by atoms with E-state index in [0.29, 0.717) is 40.0 Å². The van der Waals surface area contributed by atoms with Gasteiger partial charge < -0.3 is 4.90 Å². The van der Waals surface area contributed by atoms with E-state index in [1.165, 1.54) is 15.1 Å². The fourth-order valence-corrected chi connectivity index (χ4v) is 4.39. The van der Waals surface area contributed by atoms with E-state index in [9.17, 15) is 14.4 Å². The molecule has 0 aliphatic carbocycles. The number of unbranched alkanes of at least 4 members (excludes halogenated alkanes) is 1. The quantitative estimate of drug-likeness (QED) is 0.281. The van der Waals surface area contributed by atoms with Crippen molar-refractivity contribution in [3.8, 4) is 5.69 Å². The third-order valence-electron chi connectivity index (χ3n) is 6.07. The number of aromatic amines is 1. The molecular formula is C28H33Cl2N3O3. The number of H-pyrrole nitrogens is 1. The van der Waals surface area contributed by atoms with Gasteiger partial charge in [0.25, 0.3) is 11.5 Å². The van der Waals surface area contributed by atoms with Crippen molar-refractivity contribution in [1.29, 1.82) is 0 Å². The van der Waals surface area contributed by atoms with E-state index in [2.05, 4.69) is 12.0 Å². The van der Waals surface area contributed by atoms with Crippen molar-refractivity contribution in [2.24, 2.45) is 0 Å². The lowest BCUT2D eigenvalue weighted by Gasteiger charge is -2.21. The molecule has 6 nitrogen and oxygen atoms in total. The normalized spacial score (nSPS) is 11.2. The largest absolute Gasteiger partial charge is 0.331 e. The molecule has 36 heavy (non-hydrogen) atoms. The minimum Gasteiger partial charge on any atom is -0.331 e. The Balaban J connectivity index is 1.91. The molecule has 1 amide bonds. The Morgan fingerprint density at radius 3 is 2.28 bits per heavy atom. The van der Waals surface area contributed by atoms with Gasteiger partial charge in [0.2, 0.25) is 0 Å². The number of rotatable bonds is 11. The third-order valence-corrected chi connectivity index (χ3v) is 6.81. The van der Waals surface area contributed by atoms with Crippen LogP contribution >= 0.6 is 23.2 Å². The zero-order valence-electron chi connectivity index (χ0n) is 21.2. The maximum absolute atomic E-state index is 13.5. The molecule has 0 bridgehead atoms. The number of hydrogen-bond donors (Lipinski definition) is 1. The number of benzene rings is 2. The number of nitrogens with zero attached hydrogens (tertiary/aromatic N) is 2. The Morgan fingerprint density at radius 2 is 1.69 bits per heavy atom. The predicted molar refractivity (Wildman–Crippen MR) is 146 cm³/mol. The van der Waals surface area contributed by atoms with Gasteiger partial charge in [-0.3, -0.25) is 19.5 Å². The fourth-order valence-electron chi connectivity index (χ4n) is 4.10. The van der Waals surface area contributed by atoms with Gasteiger partial charge in [-0.1, -0.05) is 69.5 Å². The zero-order valence-corrected chi connectivity index (χ0v) is 22.7. The molecule has 0 fully saturated rings. The molecule has 0 spiro atoms. The average Bonchev–Trinajstić information content (AvgIpc) is 3.21. The summed E-state index contributed by atoms with van der Waals surface area (Å²) >= 11 is 12.2. The van der Waals surface area contributed by atoms with Crippen molar-refractivity contribution in [1.82, 2.24) is 14.7 Å².